The number of hydrogen-bond acceptors (Lipinski definition) is 13. The van der Waals surface area contributed by atoms with E-state index in [1.807, 2.05) is 33.8 Å². The van der Waals surface area contributed by atoms with Crippen molar-refractivity contribution >= 4 is 65.0 Å². The highest BCUT2D eigenvalue weighted by Crippen LogP contribution is 2.32. The minimum Gasteiger partial charge on any atom is -0.481 e. The van der Waals surface area contributed by atoms with Gasteiger partial charge in [-0.15, -0.1) is 0 Å². The molecule has 8 amide bonds. The van der Waals surface area contributed by atoms with E-state index in [1.54, 1.807) is 68.9 Å². The smallest absolute Gasteiger partial charge is 0.326 e. The molecule has 78 heavy (non-hydrogen) atoms. The molecule has 8 atom stereocenters. The highest BCUT2D eigenvalue weighted by molar-refractivity contribution is 6.13. The largest absolute Gasteiger partial charge is 0.481 e. The van der Waals surface area contributed by atoms with Gasteiger partial charge in [0.15, 0.2) is 5.78 Å². The van der Waals surface area contributed by atoms with E-state index < -0.39 is 65.6 Å². The van der Waals surface area contributed by atoms with Crippen LogP contribution in [0.25, 0.3) is 0 Å². The second kappa shape index (κ2) is 31.1. The first-order chi connectivity index (χ1) is 36.7. The summed E-state index contributed by atoms with van der Waals surface area (Å²) in [5, 5.41) is 20.9. The molecule has 3 aliphatic rings. The number of methoxy groups -OCH3 is 2. The number of benzene rings is 1. The second-order valence-electron chi connectivity index (χ2n) is 21.3. The van der Waals surface area contributed by atoms with Crippen molar-refractivity contribution in [1.82, 2.24) is 29.8 Å². The van der Waals surface area contributed by atoms with E-state index in [0.717, 1.165) is 15.4 Å². The Morgan fingerprint density at radius 1 is 0.769 bits per heavy atom. The number of ketones is 1. The third kappa shape index (κ3) is 18.2. The molecule has 0 spiro atoms. The number of imide groups is 2. The number of carbonyl (C=O) groups is 11. The topological polar surface area (TPSA) is 275 Å². The number of Topliss-reactive ketones (excluding diaryl/α,β-unsaturated/α-hetero) is 1. The van der Waals surface area contributed by atoms with Crippen molar-refractivity contribution in [2.24, 2.45) is 23.7 Å². The molecule has 1 aromatic rings. The van der Waals surface area contributed by atoms with Gasteiger partial charge in [-0.05, 0) is 69.8 Å². The molecule has 0 radical (unpaired) electrons. The van der Waals surface area contributed by atoms with Crippen LogP contribution in [0.5, 0.6) is 0 Å². The Hall–Kier alpha value is -6.61. The van der Waals surface area contributed by atoms with E-state index in [1.165, 1.54) is 43.4 Å². The highest BCUT2D eigenvalue weighted by Gasteiger charge is 2.44. The number of ether oxygens (including phenoxy) is 2. The first-order valence-electron chi connectivity index (χ1n) is 27.0. The number of rotatable bonds is 31. The molecule has 21 nitrogen and oxygen atoms in total. The monoisotopic (exact) mass is 1090 g/mol. The number of nitrogens with zero attached hydrogens (tertiary/aromatic N) is 5. The van der Waals surface area contributed by atoms with Gasteiger partial charge in [0.1, 0.15) is 6.04 Å². The van der Waals surface area contributed by atoms with Crippen molar-refractivity contribution in [2.75, 3.05) is 47.9 Å². The lowest BCUT2D eigenvalue weighted by Gasteiger charge is -2.41. The van der Waals surface area contributed by atoms with Gasteiger partial charge in [-0.1, -0.05) is 71.4 Å². The standard InChI is InChI=1S/C48H73N5O11.C9H11NO4/c1-12-31(4)43(50(8)46(60)34(30(2)3)28-38(54)48(6,7)51(9)39(55)22-16-17-25-53-40(56)23-24-41(53)57)37(63-10)29-42(58)52-26-18-21-36(52)44(64-11)32(5)45(59)49-35(47(61)62)27-33-19-14-13-15-20-33;11-7-4-5-8(12)10(7)6-2-1-3-9(13)14/h13-15,19-20,23-24,30-32,34-37,43-44H,12,16-18,21-22,25-29H2,1-11H3,(H,49,59)(H,61,62);4-5H,1-3,6H2,(H,13,14)/t31-,32+,34-,35-,36-,37+,43-,44+;/m0./s1. The molecule has 1 saturated heterocycles. The molecule has 432 valence electrons. The Labute approximate surface area is 459 Å². The zero-order valence-electron chi connectivity index (χ0n) is 47.4. The van der Waals surface area contributed by atoms with E-state index in [4.69, 9.17) is 14.6 Å². The predicted octanol–water partition coefficient (Wildman–Crippen LogP) is 4.45. The van der Waals surface area contributed by atoms with E-state index >= 15 is 0 Å². The summed E-state index contributed by atoms with van der Waals surface area (Å²) in [6.07, 6.45) is 7.28. The summed E-state index contributed by atoms with van der Waals surface area (Å²) in [7, 11) is 6.22. The van der Waals surface area contributed by atoms with Crippen molar-refractivity contribution in [1.29, 1.82) is 0 Å². The van der Waals surface area contributed by atoms with Crippen LogP contribution in [-0.2, 0) is 68.6 Å². The minimum absolute atomic E-state index is 0.0679. The molecule has 1 fully saturated rings. The van der Waals surface area contributed by atoms with Crippen LogP contribution >= 0.6 is 0 Å². The Morgan fingerprint density at radius 2 is 1.31 bits per heavy atom. The fourth-order valence-electron chi connectivity index (χ4n) is 10.0. The first kappa shape index (κ1) is 65.7. The van der Waals surface area contributed by atoms with Gasteiger partial charge in [-0.25, -0.2) is 4.79 Å². The van der Waals surface area contributed by atoms with Crippen molar-refractivity contribution in [2.45, 2.75) is 161 Å². The maximum absolute atomic E-state index is 14.5. The number of unbranched alkanes of at least 4 members (excludes halogenated alkanes) is 2. The Morgan fingerprint density at radius 3 is 1.78 bits per heavy atom. The molecule has 3 aliphatic heterocycles. The average molecular weight is 1090 g/mol. The van der Waals surface area contributed by atoms with Gasteiger partial charge in [0.05, 0.1) is 42.2 Å². The number of hydrogen-bond donors (Lipinski definition) is 3. The summed E-state index contributed by atoms with van der Waals surface area (Å²) in [4.78, 5) is 145. The molecule has 0 aliphatic carbocycles. The minimum atomic E-state index is -1.24. The van der Waals surface area contributed by atoms with Gasteiger partial charge in [0.2, 0.25) is 23.6 Å². The first-order valence-corrected chi connectivity index (χ1v) is 27.0. The maximum atomic E-state index is 14.5. The van der Waals surface area contributed by atoms with E-state index in [-0.39, 0.29) is 97.6 Å². The van der Waals surface area contributed by atoms with E-state index in [2.05, 4.69) is 5.32 Å². The lowest BCUT2D eigenvalue weighted by atomic mass is 9.82. The summed E-state index contributed by atoms with van der Waals surface area (Å²) in [5.41, 5.74) is -0.476. The molecule has 0 unspecified atom stereocenters. The van der Waals surface area contributed by atoms with Crippen molar-refractivity contribution in [3.63, 3.8) is 0 Å². The van der Waals surface area contributed by atoms with Crippen molar-refractivity contribution in [3.05, 3.63) is 60.2 Å². The predicted molar refractivity (Wildman–Crippen MR) is 288 cm³/mol. The average Bonchev–Trinajstić information content (AvgIpc) is 4.12. The normalized spacial score (nSPS) is 18.0. The highest BCUT2D eigenvalue weighted by atomic mass is 16.5. The van der Waals surface area contributed by atoms with Gasteiger partial charge in [0, 0.05) is 104 Å². The van der Waals surface area contributed by atoms with Crippen LogP contribution in [0, 0.1) is 23.7 Å². The molecule has 3 heterocycles. The maximum Gasteiger partial charge on any atom is 0.326 e. The summed E-state index contributed by atoms with van der Waals surface area (Å²) >= 11 is 0. The molecule has 4 rings (SSSR count). The number of carbonyl (C=O) groups excluding carboxylic acids is 9. The van der Waals surface area contributed by atoms with Gasteiger partial charge in [-0.2, -0.15) is 0 Å². The van der Waals surface area contributed by atoms with Crippen LogP contribution in [0.3, 0.4) is 0 Å². The van der Waals surface area contributed by atoms with Crippen LogP contribution in [0.2, 0.25) is 0 Å². The van der Waals surface area contributed by atoms with Crippen LogP contribution in [0.15, 0.2) is 54.6 Å². The molecule has 21 heteroatoms. The van der Waals surface area contributed by atoms with Gasteiger partial charge >= 0.3 is 11.9 Å². The fraction of sp³-hybridized carbons (Fsp3) is 0.632. The fourth-order valence-corrected chi connectivity index (χ4v) is 10.0. The van der Waals surface area contributed by atoms with E-state index in [0.29, 0.717) is 58.0 Å². The van der Waals surface area contributed by atoms with Crippen LogP contribution in [0.1, 0.15) is 125 Å². The molecule has 0 aromatic heterocycles. The summed E-state index contributed by atoms with van der Waals surface area (Å²) in [5.74, 6) is -6.87. The quantitative estimate of drug-likeness (QED) is 0.0685. The lowest BCUT2D eigenvalue weighted by Crippen LogP contribution is -2.55. The SMILES string of the molecule is CC[C@H](C)[C@@H]([C@@H](CC(=O)N1CCC[C@H]1[C@H](OC)[C@@H](C)C(=O)N[C@@H](Cc1ccccc1)C(=O)O)OC)N(C)C(=O)[C@@H](CC(=O)C(C)(C)N(C)C(=O)CCCCN1C(=O)C=CC1=O)C(C)C.O=C(O)CCCCN1C(=O)C=CC1=O. The van der Waals surface area contributed by atoms with Crippen molar-refractivity contribution < 1.29 is 72.4 Å². The summed E-state index contributed by atoms with van der Waals surface area (Å²) < 4.78 is 11.9. The molecular weight excluding hydrogens is 1010 g/mol. The number of amides is 8. The van der Waals surface area contributed by atoms with Gasteiger partial charge < -0.3 is 39.7 Å². The summed E-state index contributed by atoms with van der Waals surface area (Å²) in [6, 6.07) is 6.85. The Balaban J connectivity index is 0.000000987. The Bertz CT molecular complexity index is 2320. The van der Waals surface area contributed by atoms with Crippen molar-refractivity contribution in [3.8, 4) is 0 Å². The van der Waals surface area contributed by atoms with Gasteiger partial charge in [-0.3, -0.25) is 57.7 Å². The molecule has 1 aromatic carbocycles. The van der Waals surface area contributed by atoms with Crippen LogP contribution < -0.4 is 5.32 Å². The summed E-state index contributed by atoms with van der Waals surface area (Å²) in [6.45, 7) is 13.6. The number of likely N-dealkylation sites (N-methyl/N-ethyl adjacent to an activating group) is 2. The van der Waals surface area contributed by atoms with Crippen LogP contribution in [-0.4, -0.2) is 184 Å². The number of aliphatic carboxylic acids is 2. The third-order valence-electron chi connectivity index (χ3n) is 15.4. The molecule has 0 bridgehead atoms. The zero-order valence-corrected chi connectivity index (χ0v) is 47.4. The van der Waals surface area contributed by atoms with Crippen LogP contribution in [0.4, 0.5) is 0 Å². The van der Waals surface area contributed by atoms with E-state index in [9.17, 15) is 57.8 Å². The number of carboxylic acid groups (broad SMARTS) is 2. The lowest BCUT2D eigenvalue weighted by molar-refractivity contribution is -0.150. The Kier molecular flexibility index (Phi) is 26.2. The number of likely N-dealkylation sites (tertiary alicyclic amines) is 1. The molecule has 0 saturated carbocycles. The molecular formula is C57H84N6O15. The van der Waals surface area contributed by atoms with Gasteiger partial charge in [0.25, 0.3) is 23.6 Å². The zero-order chi connectivity index (χ0) is 58.6. The second-order valence-corrected chi connectivity index (χ2v) is 21.3. The number of carboxylic acids is 2. The number of nitrogens with one attached hydrogen (secondary N) is 1. The molecule has 3 N–H and O–H groups in total. The third-order valence-corrected chi connectivity index (χ3v) is 15.4.